The topological polar surface area (TPSA) is 103 Å². The zero-order valence-corrected chi connectivity index (χ0v) is 15.4. The van der Waals surface area contributed by atoms with Gasteiger partial charge in [0.2, 0.25) is 0 Å². The fraction of sp³-hybridized carbons (Fsp3) is 0.167. The molecule has 3 heterocycles. The fourth-order valence-electron chi connectivity index (χ4n) is 2.34. The molecule has 0 saturated heterocycles. The lowest BCUT2D eigenvalue weighted by molar-refractivity contribution is -0.123. The van der Waals surface area contributed by atoms with Gasteiger partial charge in [0.05, 0.1) is 16.1 Å². The van der Waals surface area contributed by atoms with E-state index < -0.39 is 24.4 Å². The van der Waals surface area contributed by atoms with Gasteiger partial charge < -0.3 is 4.74 Å². The van der Waals surface area contributed by atoms with Crippen molar-refractivity contribution in [3.05, 3.63) is 63.7 Å². The summed E-state index contributed by atoms with van der Waals surface area (Å²) in [6, 6.07) is 8.38. The van der Waals surface area contributed by atoms with E-state index in [0.717, 1.165) is 11.4 Å². The highest BCUT2D eigenvalue weighted by Gasteiger charge is 2.15. The number of imide groups is 1. The van der Waals surface area contributed by atoms with E-state index in [9.17, 15) is 14.4 Å². The molecule has 0 fully saturated rings. The average molecular weight is 384 g/mol. The molecule has 3 aromatic heterocycles. The third kappa shape index (κ3) is 4.45. The van der Waals surface area contributed by atoms with Gasteiger partial charge in [-0.15, -0.1) is 11.3 Å². The Labute approximate surface area is 158 Å². The van der Waals surface area contributed by atoms with Crippen LogP contribution in [-0.4, -0.2) is 39.2 Å². The molecule has 138 valence electrons. The van der Waals surface area contributed by atoms with Crippen LogP contribution in [0.15, 0.2) is 41.9 Å². The molecule has 0 aromatic carbocycles. The molecule has 9 heteroatoms. The maximum Gasteiger partial charge on any atom is 0.340 e. The van der Waals surface area contributed by atoms with Crippen LogP contribution in [0.25, 0.3) is 5.82 Å². The third-order valence-corrected chi connectivity index (χ3v) is 4.41. The molecule has 1 N–H and O–H groups in total. The summed E-state index contributed by atoms with van der Waals surface area (Å²) in [5, 5.41) is 8.20. The van der Waals surface area contributed by atoms with E-state index in [1.807, 2.05) is 19.9 Å². The molecule has 27 heavy (non-hydrogen) atoms. The predicted octanol–water partition coefficient (Wildman–Crippen LogP) is 2.06. The minimum absolute atomic E-state index is 0.192. The molecule has 0 unspecified atom stereocenters. The molecule has 0 spiro atoms. The van der Waals surface area contributed by atoms with Gasteiger partial charge in [-0.3, -0.25) is 14.9 Å². The summed E-state index contributed by atoms with van der Waals surface area (Å²) in [5.74, 6) is -1.37. The number of hydrogen-bond donors (Lipinski definition) is 1. The van der Waals surface area contributed by atoms with Crippen LogP contribution in [0.5, 0.6) is 0 Å². The second-order valence-electron chi connectivity index (χ2n) is 5.67. The zero-order chi connectivity index (χ0) is 19.4. The van der Waals surface area contributed by atoms with Crippen LogP contribution >= 0.6 is 11.3 Å². The molecule has 0 bridgehead atoms. The summed E-state index contributed by atoms with van der Waals surface area (Å²) in [4.78, 5) is 40.1. The first-order valence-corrected chi connectivity index (χ1v) is 8.86. The van der Waals surface area contributed by atoms with Crippen LogP contribution in [0.4, 0.5) is 0 Å². The minimum atomic E-state index is -0.707. The SMILES string of the molecule is Cc1cc(C)n(-c2ccc(C(=O)OCC(=O)NC(=O)c3cccs3)cn2)n1. The van der Waals surface area contributed by atoms with Gasteiger partial charge >= 0.3 is 5.97 Å². The average Bonchev–Trinajstić information content (AvgIpc) is 3.29. The number of ether oxygens (including phenoxy) is 1. The second-order valence-corrected chi connectivity index (χ2v) is 6.62. The number of nitrogens with zero attached hydrogens (tertiary/aromatic N) is 3. The fourth-order valence-corrected chi connectivity index (χ4v) is 2.96. The van der Waals surface area contributed by atoms with E-state index in [1.165, 1.54) is 23.6 Å². The molecule has 3 rings (SSSR count). The number of aryl methyl sites for hydroxylation is 2. The molecule has 0 aliphatic rings. The molecule has 0 aliphatic heterocycles. The Morgan fingerprint density at radius 3 is 2.63 bits per heavy atom. The highest BCUT2D eigenvalue weighted by Crippen LogP contribution is 2.11. The number of esters is 1. The highest BCUT2D eigenvalue weighted by atomic mass is 32.1. The highest BCUT2D eigenvalue weighted by molar-refractivity contribution is 7.12. The molecule has 0 radical (unpaired) electrons. The van der Waals surface area contributed by atoms with Crippen molar-refractivity contribution in [3.63, 3.8) is 0 Å². The van der Waals surface area contributed by atoms with Crippen molar-refractivity contribution in [2.45, 2.75) is 13.8 Å². The van der Waals surface area contributed by atoms with Gasteiger partial charge in [-0.2, -0.15) is 5.10 Å². The van der Waals surface area contributed by atoms with E-state index in [1.54, 1.807) is 28.3 Å². The van der Waals surface area contributed by atoms with Gasteiger partial charge in [-0.25, -0.2) is 14.5 Å². The van der Waals surface area contributed by atoms with E-state index in [4.69, 9.17) is 4.74 Å². The largest absolute Gasteiger partial charge is 0.452 e. The minimum Gasteiger partial charge on any atom is -0.452 e. The molecule has 3 aromatic rings. The number of rotatable bonds is 5. The number of nitrogens with one attached hydrogen (secondary N) is 1. The van der Waals surface area contributed by atoms with E-state index in [0.29, 0.717) is 10.7 Å². The molecular weight excluding hydrogens is 368 g/mol. The Balaban J connectivity index is 1.56. The first kappa shape index (κ1) is 18.5. The summed E-state index contributed by atoms with van der Waals surface area (Å²) >= 11 is 1.21. The number of aromatic nitrogens is 3. The number of amides is 2. The van der Waals surface area contributed by atoms with Crippen molar-refractivity contribution in [2.75, 3.05) is 6.61 Å². The second kappa shape index (κ2) is 7.92. The quantitative estimate of drug-likeness (QED) is 0.676. The van der Waals surface area contributed by atoms with Gasteiger partial charge in [0, 0.05) is 11.9 Å². The zero-order valence-electron chi connectivity index (χ0n) is 14.6. The Morgan fingerprint density at radius 1 is 1.22 bits per heavy atom. The molecule has 0 saturated carbocycles. The Kier molecular flexibility index (Phi) is 5.41. The molecule has 0 aliphatic carbocycles. The van der Waals surface area contributed by atoms with Gasteiger partial charge in [0.15, 0.2) is 12.4 Å². The number of hydrogen-bond acceptors (Lipinski definition) is 7. The molecule has 8 nitrogen and oxygen atoms in total. The van der Waals surface area contributed by atoms with Crippen LogP contribution in [0, 0.1) is 13.8 Å². The van der Waals surface area contributed by atoms with Gasteiger partial charge in [-0.1, -0.05) is 6.07 Å². The lowest BCUT2D eigenvalue weighted by atomic mass is 10.3. The monoisotopic (exact) mass is 384 g/mol. The van der Waals surface area contributed by atoms with Crippen molar-refractivity contribution >= 4 is 29.1 Å². The standard InChI is InChI=1S/C18H16N4O4S/c1-11-8-12(2)22(21-11)15-6-5-13(9-19-15)18(25)26-10-16(23)20-17(24)14-4-3-7-27-14/h3-9H,10H2,1-2H3,(H,20,23,24). The summed E-state index contributed by atoms with van der Waals surface area (Å²) in [6.45, 7) is 3.22. The Bertz CT molecular complexity index is 977. The lowest BCUT2D eigenvalue weighted by Crippen LogP contribution is -2.33. The molecular formula is C18H16N4O4S. The van der Waals surface area contributed by atoms with Crippen molar-refractivity contribution in [3.8, 4) is 5.82 Å². The summed E-state index contributed by atoms with van der Waals surface area (Å²) in [6.07, 6.45) is 1.35. The van der Waals surface area contributed by atoms with E-state index >= 15 is 0 Å². The van der Waals surface area contributed by atoms with Gasteiger partial charge in [0.1, 0.15) is 0 Å². The summed E-state index contributed by atoms with van der Waals surface area (Å²) in [7, 11) is 0. The summed E-state index contributed by atoms with van der Waals surface area (Å²) in [5.41, 5.74) is 1.97. The van der Waals surface area contributed by atoms with Crippen molar-refractivity contribution in [1.29, 1.82) is 0 Å². The summed E-state index contributed by atoms with van der Waals surface area (Å²) < 4.78 is 6.58. The molecule has 0 atom stereocenters. The first-order chi connectivity index (χ1) is 12.9. The van der Waals surface area contributed by atoms with E-state index in [-0.39, 0.29) is 5.56 Å². The molecule has 2 amide bonds. The predicted molar refractivity (Wildman–Crippen MR) is 97.9 cm³/mol. The van der Waals surface area contributed by atoms with Crippen LogP contribution in [0.1, 0.15) is 31.4 Å². The van der Waals surface area contributed by atoms with Crippen LogP contribution in [0.2, 0.25) is 0 Å². The van der Waals surface area contributed by atoms with Crippen LogP contribution in [-0.2, 0) is 9.53 Å². The van der Waals surface area contributed by atoms with Crippen molar-refractivity contribution in [1.82, 2.24) is 20.1 Å². The van der Waals surface area contributed by atoms with Gasteiger partial charge in [0.25, 0.3) is 11.8 Å². The third-order valence-electron chi connectivity index (χ3n) is 3.54. The Morgan fingerprint density at radius 2 is 2.04 bits per heavy atom. The van der Waals surface area contributed by atoms with Crippen LogP contribution in [0.3, 0.4) is 0 Å². The maximum atomic E-state index is 12.0. The van der Waals surface area contributed by atoms with E-state index in [2.05, 4.69) is 15.4 Å². The normalized spacial score (nSPS) is 10.4. The van der Waals surface area contributed by atoms with Crippen LogP contribution < -0.4 is 5.32 Å². The number of carbonyl (C=O) groups is 3. The Hall–Kier alpha value is -3.33. The van der Waals surface area contributed by atoms with Crippen molar-refractivity contribution < 1.29 is 19.1 Å². The number of thiophene rings is 1. The smallest absolute Gasteiger partial charge is 0.340 e. The number of pyridine rings is 1. The van der Waals surface area contributed by atoms with Gasteiger partial charge in [-0.05, 0) is 43.5 Å². The number of carbonyl (C=O) groups excluding carboxylic acids is 3. The lowest BCUT2D eigenvalue weighted by Gasteiger charge is -2.06. The van der Waals surface area contributed by atoms with Crippen molar-refractivity contribution in [2.24, 2.45) is 0 Å². The first-order valence-electron chi connectivity index (χ1n) is 7.98. The maximum absolute atomic E-state index is 12.0.